The molecule has 0 unspecified atom stereocenters. The molecule has 6 aliphatic carbocycles. The van der Waals surface area contributed by atoms with Gasteiger partial charge in [0.25, 0.3) is 0 Å². The molecule has 8 rings (SSSR count). The van der Waals surface area contributed by atoms with E-state index >= 15 is 0 Å². The molecule has 6 aliphatic rings. The summed E-state index contributed by atoms with van der Waals surface area (Å²) in [7, 11) is -2.18. The summed E-state index contributed by atoms with van der Waals surface area (Å²) in [5.74, 6) is 2.70. The topological polar surface area (TPSA) is 14.1 Å². The zero-order valence-corrected chi connectivity index (χ0v) is 23.4. The van der Waals surface area contributed by atoms with Crippen molar-refractivity contribution in [1.82, 2.24) is 0 Å². The van der Waals surface area contributed by atoms with Crippen molar-refractivity contribution in [3.05, 3.63) is 89.0 Å². The van der Waals surface area contributed by atoms with Crippen molar-refractivity contribution in [2.75, 3.05) is 0 Å². The van der Waals surface area contributed by atoms with E-state index in [0.717, 1.165) is 17.8 Å². The van der Waals surface area contributed by atoms with Crippen molar-refractivity contribution in [3.63, 3.8) is 0 Å². The number of hydrogen-bond donors (Lipinski definition) is 0. The van der Waals surface area contributed by atoms with Gasteiger partial charge in [-0.25, -0.2) is 0 Å². The summed E-state index contributed by atoms with van der Waals surface area (Å²) in [5.41, 5.74) is 3.71. The van der Waals surface area contributed by atoms with Gasteiger partial charge in [-0.05, 0) is 81.3 Å². The highest BCUT2D eigenvalue weighted by molar-refractivity contribution is 7.92. The fraction of sp³-hybridized carbons (Fsp3) is 0.500. The van der Waals surface area contributed by atoms with Gasteiger partial charge in [0.2, 0.25) is 0 Å². The number of allylic oxidation sites excluding steroid dienone is 4. The lowest BCUT2D eigenvalue weighted by Gasteiger charge is -2.67. The Hall–Kier alpha value is -1.82. The molecule has 2 aromatic rings. The molecule has 5 saturated carbocycles. The van der Waals surface area contributed by atoms with Gasteiger partial charge in [-0.1, -0.05) is 120 Å². The number of nitrogens with zero attached hydrogens (tertiary/aromatic N) is 1. The van der Waals surface area contributed by atoms with Crippen LogP contribution in [0.5, 0.6) is 0 Å². The van der Waals surface area contributed by atoms with Gasteiger partial charge in [-0.2, -0.15) is 0 Å². The maximum atomic E-state index is 6.33. The summed E-state index contributed by atoms with van der Waals surface area (Å²) < 4.78 is 0. The van der Waals surface area contributed by atoms with Gasteiger partial charge < -0.3 is 5.09 Å². The minimum Gasteiger partial charge on any atom is -0.622 e. The summed E-state index contributed by atoms with van der Waals surface area (Å²) in [5, 5.41) is 10.7. The van der Waals surface area contributed by atoms with Crippen LogP contribution in [0, 0.1) is 28.6 Å². The van der Waals surface area contributed by atoms with Gasteiger partial charge in [-0.15, -0.1) is 12.6 Å². The van der Waals surface area contributed by atoms with E-state index in [0.29, 0.717) is 0 Å². The lowest BCUT2D eigenvalue weighted by atomic mass is 9.53. The molecule has 1 nitrogen and oxygen atoms in total. The third-order valence-electron chi connectivity index (χ3n) is 10.2. The fourth-order valence-corrected chi connectivity index (χ4v) is 13.5. The summed E-state index contributed by atoms with van der Waals surface area (Å²) in [4.78, 5) is 0. The van der Waals surface area contributed by atoms with Crippen LogP contribution in [0.4, 0.5) is 0 Å². The minimum absolute atomic E-state index is 0.154. The van der Waals surface area contributed by atoms with Crippen molar-refractivity contribution in [2.24, 2.45) is 28.6 Å². The second-order valence-corrected chi connectivity index (χ2v) is 17.1. The Bertz CT molecular complexity index is 1200. The molecule has 0 amide bonds. The van der Waals surface area contributed by atoms with Crippen LogP contribution in [0.25, 0.3) is 5.09 Å². The predicted molar refractivity (Wildman–Crippen MR) is 157 cm³/mol. The molecule has 0 spiro atoms. The highest BCUT2D eigenvalue weighted by Crippen LogP contribution is 2.68. The molecule has 2 heteroatoms. The van der Waals surface area contributed by atoms with E-state index in [2.05, 4.69) is 101 Å². The Morgan fingerprint density at radius 2 is 1.06 bits per heavy atom. The molecule has 2 aromatic carbocycles. The first-order chi connectivity index (χ1) is 17.2. The predicted octanol–water partition coefficient (Wildman–Crippen LogP) is 8.41. The number of rotatable bonds is 4. The molecule has 0 aromatic heterocycles. The molecular formula is C34H41NP-. The molecule has 36 heavy (non-hydrogen) atoms. The van der Waals surface area contributed by atoms with Crippen molar-refractivity contribution in [2.45, 2.75) is 78.2 Å². The molecular weight excluding hydrogens is 453 g/mol. The lowest BCUT2D eigenvalue weighted by Crippen LogP contribution is -2.50. The minimum atomic E-state index is -2.18. The van der Waals surface area contributed by atoms with Crippen LogP contribution < -0.4 is 10.6 Å². The Morgan fingerprint density at radius 3 is 1.47 bits per heavy atom. The molecule has 0 N–H and O–H groups in total. The van der Waals surface area contributed by atoms with Crippen LogP contribution in [-0.4, -0.2) is 10.8 Å². The van der Waals surface area contributed by atoms with Crippen molar-refractivity contribution >= 4 is 22.9 Å². The smallest absolute Gasteiger partial charge is 0.00921 e. The van der Waals surface area contributed by atoms with Gasteiger partial charge in [-0.3, -0.25) is 0 Å². The molecule has 4 bridgehead atoms. The van der Waals surface area contributed by atoms with E-state index in [4.69, 9.17) is 5.09 Å². The quantitative estimate of drug-likeness (QED) is 0.379. The van der Waals surface area contributed by atoms with Gasteiger partial charge in [0.15, 0.2) is 0 Å². The highest BCUT2D eigenvalue weighted by Gasteiger charge is 2.49. The van der Waals surface area contributed by atoms with Crippen LogP contribution in [0.2, 0.25) is 0 Å². The molecule has 0 heterocycles. The van der Waals surface area contributed by atoms with Crippen LogP contribution in [0.15, 0.2) is 84.0 Å². The normalized spacial score (nSPS) is 33.4. The SMILES string of the molecule is CC1(C)CC(C)(C)C2=CC(=P([N-]C34CC5CC(CC(C5)C3)C4)(c3ccccc3)c3ccccc3)C=C21. The number of fused-ring (bicyclic) bond motifs is 1. The van der Waals surface area contributed by atoms with Gasteiger partial charge >= 0.3 is 0 Å². The van der Waals surface area contributed by atoms with Crippen LogP contribution in [-0.2, 0) is 0 Å². The van der Waals surface area contributed by atoms with Gasteiger partial charge in [0.05, 0.1) is 0 Å². The second kappa shape index (κ2) is 7.85. The van der Waals surface area contributed by atoms with E-state index in [-0.39, 0.29) is 16.4 Å². The Morgan fingerprint density at radius 1 is 0.639 bits per heavy atom. The monoisotopic (exact) mass is 494 g/mol. The Kier molecular flexibility index (Phi) is 5.08. The van der Waals surface area contributed by atoms with Gasteiger partial charge in [0, 0.05) is 0 Å². The molecule has 0 saturated heterocycles. The van der Waals surface area contributed by atoms with E-state index < -0.39 is 7.04 Å². The summed E-state index contributed by atoms with van der Waals surface area (Å²) in [6.07, 6.45) is 14.8. The average molecular weight is 495 g/mol. The van der Waals surface area contributed by atoms with E-state index in [1.807, 2.05) is 0 Å². The first-order valence-corrected chi connectivity index (χ1v) is 16.0. The van der Waals surface area contributed by atoms with E-state index in [9.17, 15) is 0 Å². The zero-order chi connectivity index (χ0) is 24.8. The Balaban J connectivity index is 1.52. The van der Waals surface area contributed by atoms with Crippen LogP contribution in [0.3, 0.4) is 0 Å². The lowest BCUT2D eigenvalue weighted by molar-refractivity contribution is 0.0178. The molecule has 0 radical (unpaired) electrons. The fourth-order valence-electron chi connectivity index (χ4n) is 9.51. The summed E-state index contributed by atoms with van der Waals surface area (Å²) >= 11 is 0. The molecule has 0 atom stereocenters. The average Bonchev–Trinajstić information content (AvgIpc) is 3.36. The largest absolute Gasteiger partial charge is 0.622 e. The molecule has 5 fully saturated rings. The number of benzene rings is 2. The summed E-state index contributed by atoms with van der Waals surface area (Å²) in [6.45, 7) is 9.80. The maximum absolute atomic E-state index is 6.33. The van der Waals surface area contributed by atoms with Crippen LogP contribution in [0.1, 0.15) is 72.6 Å². The van der Waals surface area contributed by atoms with Crippen molar-refractivity contribution in [1.29, 1.82) is 0 Å². The van der Waals surface area contributed by atoms with Crippen LogP contribution >= 0.6 is 7.04 Å². The highest BCUT2D eigenvalue weighted by atomic mass is 31.2. The van der Waals surface area contributed by atoms with E-state index in [1.165, 1.54) is 60.8 Å². The maximum Gasteiger partial charge on any atom is -0.00921 e. The zero-order valence-electron chi connectivity index (χ0n) is 22.5. The first kappa shape index (κ1) is 23.3. The van der Waals surface area contributed by atoms with Gasteiger partial charge in [0.1, 0.15) is 0 Å². The van der Waals surface area contributed by atoms with E-state index in [1.54, 1.807) is 11.1 Å². The van der Waals surface area contributed by atoms with Crippen molar-refractivity contribution in [3.8, 4) is 0 Å². The second-order valence-electron chi connectivity index (χ2n) is 14.0. The third kappa shape index (κ3) is 3.45. The summed E-state index contributed by atoms with van der Waals surface area (Å²) in [6, 6.07) is 22.9. The Labute approximate surface area is 218 Å². The molecule has 0 aliphatic heterocycles. The first-order valence-electron chi connectivity index (χ1n) is 14.3. The third-order valence-corrected chi connectivity index (χ3v) is 14.0. The number of hydrogen-bond acceptors (Lipinski definition) is 0. The standard InChI is InChI=1S/C34H41NP/c1-32(2)23-33(3,4)31-19-29(18-30(31)32)36(27-11-7-5-8-12-27,28-13-9-6-10-14-28)35-34-20-24-15-25(21-34)17-26(16-24)22-34/h5-14,18-19,24-26H,15-17,20-23H2,1-4H3/q-1. The van der Waals surface area contributed by atoms with Crippen molar-refractivity contribution < 1.29 is 0 Å². The molecule has 188 valence electrons.